The summed E-state index contributed by atoms with van der Waals surface area (Å²) in [6.45, 7) is 9.42. The molecule has 3 nitrogen and oxygen atoms in total. The highest BCUT2D eigenvalue weighted by Crippen LogP contribution is 2.22. The average Bonchev–Trinajstić information content (AvgIpc) is 2.47. The SMILES string of the molecule is CCOc1ccccc1CN(CC)C1CCNCC1. The molecule has 0 unspecified atom stereocenters. The maximum absolute atomic E-state index is 5.73. The number of ether oxygens (including phenoxy) is 1. The Morgan fingerprint density at radius 2 is 1.95 bits per heavy atom. The zero-order chi connectivity index (χ0) is 13.5. The van der Waals surface area contributed by atoms with Crippen molar-refractivity contribution in [1.82, 2.24) is 10.2 Å². The summed E-state index contributed by atoms with van der Waals surface area (Å²) in [6, 6.07) is 9.13. The molecule has 0 bridgehead atoms. The van der Waals surface area contributed by atoms with Crippen molar-refractivity contribution in [3.05, 3.63) is 29.8 Å². The van der Waals surface area contributed by atoms with Gasteiger partial charge in [0.25, 0.3) is 0 Å². The van der Waals surface area contributed by atoms with Gasteiger partial charge in [-0.1, -0.05) is 25.1 Å². The van der Waals surface area contributed by atoms with E-state index in [0.29, 0.717) is 6.04 Å². The molecule has 0 amide bonds. The van der Waals surface area contributed by atoms with E-state index < -0.39 is 0 Å². The Labute approximate surface area is 116 Å². The van der Waals surface area contributed by atoms with E-state index in [1.54, 1.807) is 0 Å². The van der Waals surface area contributed by atoms with Crippen molar-refractivity contribution in [2.45, 2.75) is 39.3 Å². The summed E-state index contributed by atoms with van der Waals surface area (Å²) >= 11 is 0. The number of benzene rings is 1. The second kappa shape index (κ2) is 7.51. The summed E-state index contributed by atoms with van der Waals surface area (Å²) in [6.07, 6.45) is 2.51. The fourth-order valence-corrected chi connectivity index (χ4v) is 2.82. The van der Waals surface area contributed by atoms with Crippen molar-refractivity contribution >= 4 is 0 Å². The number of hydrogen-bond donors (Lipinski definition) is 1. The van der Waals surface area contributed by atoms with E-state index in [2.05, 4.69) is 41.4 Å². The Bertz CT molecular complexity index is 375. The summed E-state index contributed by atoms with van der Waals surface area (Å²) in [7, 11) is 0. The second-order valence-corrected chi connectivity index (χ2v) is 5.09. The van der Waals surface area contributed by atoms with Gasteiger partial charge in [0.1, 0.15) is 5.75 Å². The molecule has 0 aromatic heterocycles. The third-order valence-electron chi connectivity index (χ3n) is 3.88. The van der Waals surface area contributed by atoms with Crippen LogP contribution in [0.1, 0.15) is 32.3 Å². The fraction of sp³-hybridized carbons (Fsp3) is 0.625. The van der Waals surface area contributed by atoms with E-state index in [1.165, 1.54) is 18.4 Å². The summed E-state index contributed by atoms with van der Waals surface area (Å²) in [5.41, 5.74) is 1.31. The van der Waals surface area contributed by atoms with Gasteiger partial charge in [-0.3, -0.25) is 4.90 Å². The van der Waals surface area contributed by atoms with Gasteiger partial charge in [-0.05, 0) is 45.5 Å². The number of hydrogen-bond acceptors (Lipinski definition) is 3. The zero-order valence-electron chi connectivity index (χ0n) is 12.2. The molecule has 1 fully saturated rings. The molecule has 0 spiro atoms. The normalized spacial score (nSPS) is 16.8. The van der Waals surface area contributed by atoms with Crippen molar-refractivity contribution in [2.75, 3.05) is 26.2 Å². The first-order chi connectivity index (χ1) is 9.35. The number of piperidine rings is 1. The van der Waals surface area contributed by atoms with Gasteiger partial charge in [0.05, 0.1) is 6.61 Å². The van der Waals surface area contributed by atoms with Gasteiger partial charge in [0, 0.05) is 18.2 Å². The molecule has 3 heteroatoms. The van der Waals surface area contributed by atoms with Crippen LogP contribution in [0.4, 0.5) is 0 Å². The van der Waals surface area contributed by atoms with E-state index >= 15 is 0 Å². The van der Waals surface area contributed by atoms with Crippen LogP contribution in [0.5, 0.6) is 5.75 Å². The van der Waals surface area contributed by atoms with Crippen LogP contribution >= 0.6 is 0 Å². The molecule has 0 atom stereocenters. The second-order valence-electron chi connectivity index (χ2n) is 5.09. The van der Waals surface area contributed by atoms with Gasteiger partial charge in [-0.2, -0.15) is 0 Å². The summed E-state index contributed by atoms with van der Waals surface area (Å²) in [4.78, 5) is 2.58. The Hall–Kier alpha value is -1.06. The average molecular weight is 262 g/mol. The first-order valence-corrected chi connectivity index (χ1v) is 7.50. The molecule has 0 saturated carbocycles. The fourth-order valence-electron chi connectivity index (χ4n) is 2.82. The Kier molecular flexibility index (Phi) is 5.67. The third-order valence-corrected chi connectivity index (χ3v) is 3.88. The third kappa shape index (κ3) is 3.95. The minimum absolute atomic E-state index is 0.709. The Balaban J connectivity index is 2.04. The first kappa shape index (κ1) is 14.4. The van der Waals surface area contributed by atoms with Crippen LogP contribution in [-0.2, 0) is 6.54 Å². The molecule has 1 aromatic carbocycles. The van der Waals surface area contributed by atoms with Crippen molar-refractivity contribution in [3.8, 4) is 5.75 Å². The van der Waals surface area contributed by atoms with Gasteiger partial charge < -0.3 is 10.1 Å². The van der Waals surface area contributed by atoms with Crippen LogP contribution in [-0.4, -0.2) is 37.2 Å². The van der Waals surface area contributed by atoms with E-state index in [4.69, 9.17) is 4.74 Å². The molecule has 1 aliphatic heterocycles. The lowest BCUT2D eigenvalue weighted by Gasteiger charge is -2.34. The van der Waals surface area contributed by atoms with Crippen LogP contribution in [0.15, 0.2) is 24.3 Å². The molecular weight excluding hydrogens is 236 g/mol. The largest absolute Gasteiger partial charge is 0.494 e. The predicted molar refractivity (Wildman–Crippen MR) is 79.6 cm³/mol. The minimum atomic E-state index is 0.709. The lowest BCUT2D eigenvalue weighted by molar-refractivity contribution is 0.160. The van der Waals surface area contributed by atoms with E-state index in [-0.39, 0.29) is 0 Å². The maximum Gasteiger partial charge on any atom is 0.123 e. The van der Waals surface area contributed by atoms with Gasteiger partial charge in [-0.25, -0.2) is 0 Å². The highest BCUT2D eigenvalue weighted by Gasteiger charge is 2.20. The lowest BCUT2D eigenvalue weighted by atomic mass is 10.0. The first-order valence-electron chi connectivity index (χ1n) is 7.50. The minimum Gasteiger partial charge on any atom is -0.494 e. The van der Waals surface area contributed by atoms with Gasteiger partial charge in [0.2, 0.25) is 0 Å². The van der Waals surface area contributed by atoms with E-state index in [9.17, 15) is 0 Å². The van der Waals surface area contributed by atoms with Crippen LogP contribution in [0, 0.1) is 0 Å². The molecule has 1 aliphatic rings. The van der Waals surface area contributed by atoms with Crippen molar-refractivity contribution in [1.29, 1.82) is 0 Å². The zero-order valence-corrected chi connectivity index (χ0v) is 12.2. The van der Waals surface area contributed by atoms with Crippen LogP contribution < -0.4 is 10.1 Å². The molecule has 19 heavy (non-hydrogen) atoms. The van der Waals surface area contributed by atoms with Gasteiger partial charge in [-0.15, -0.1) is 0 Å². The molecule has 1 aromatic rings. The molecule has 0 aliphatic carbocycles. The number of nitrogens with one attached hydrogen (secondary N) is 1. The number of rotatable bonds is 6. The standard InChI is InChI=1S/C16H26N2O/c1-3-18(15-9-11-17-12-10-15)13-14-7-5-6-8-16(14)19-4-2/h5-8,15,17H,3-4,9-13H2,1-2H3. The molecule has 106 valence electrons. The van der Waals surface area contributed by atoms with Crippen LogP contribution in [0.25, 0.3) is 0 Å². The number of nitrogens with zero attached hydrogens (tertiary/aromatic N) is 1. The quantitative estimate of drug-likeness (QED) is 0.853. The van der Waals surface area contributed by atoms with E-state index in [1.807, 2.05) is 6.92 Å². The summed E-state index contributed by atoms with van der Waals surface area (Å²) in [5.74, 6) is 1.04. The van der Waals surface area contributed by atoms with Crippen LogP contribution in [0.2, 0.25) is 0 Å². The highest BCUT2D eigenvalue weighted by molar-refractivity contribution is 5.33. The maximum atomic E-state index is 5.73. The van der Waals surface area contributed by atoms with Gasteiger partial charge in [0.15, 0.2) is 0 Å². The van der Waals surface area contributed by atoms with Crippen molar-refractivity contribution in [3.63, 3.8) is 0 Å². The number of para-hydroxylation sites is 1. The monoisotopic (exact) mass is 262 g/mol. The van der Waals surface area contributed by atoms with Crippen molar-refractivity contribution < 1.29 is 4.74 Å². The molecular formula is C16H26N2O. The Morgan fingerprint density at radius 1 is 1.21 bits per heavy atom. The predicted octanol–water partition coefficient (Wildman–Crippen LogP) is 2.66. The summed E-state index contributed by atoms with van der Waals surface area (Å²) < 4.78 is 5.73. The Morgan fingerprint density at radius 3 is 2.63 bits per heavy atom. The molecule has 1 N–H and O–H groups in total. The molecule has 1 saturated heterocycles. The molecule has 2 rings (SSSR count). The topological polar surface area (TPSA) is 24.5 Å². The van der Waals surface area contributed by atoms with E-state index in [0.717, 1.165) is 38.5 Å². The van der Waals surface area contributed by atoms with Crippen molar-refractivity contribution in [2.24, 2.45) is 0 Å². The molecule has 1 heterocycles. The summed E-state index contributed by atoms with van der Waals surface area (Å²) in [5, 5.41) is 3.44. The highest BCUT2D eigenvalue weighted by atomic mass is 16.5. The lowest BCUT2D eigenvalue weighted by Crippen LogP contribution is -2.42. The van der Waals surface area contributed by atoms with Gasteiger partial charge >= 0.3 is 0 Å². The smallest absolute Gasteiger partial charge is 0.123 e. The molecule has 0 radical (unpaired) electrons. The van der Waals surface area contributed by atoms with Crippen LogP contribution in [0.3, 0.4) is 0 Å².